The van der Waals surface area contributed by atoms with Gasteiger partial charge in [-0.1, -0.05) is 12.1 Å². The lowest BCUT2D eigenvalue weighted by Crippen LogP contribution is -2.17. The predicted molar refractivity (Wildman–Crippen MR) is 63.3 cm³/mol. The lowest BCUT2D eigenvalue weighted by molar-refractivity contribution is -0.274. The Bertz CT molecular complexity index is 685. The number of benzene rings is 1. The Morgan fingerprint density at radius 1 is 1.24 bits per heavy atom. The molecule has 110 valence electrons. The standard InChI is InChI=1S/C13H7F4NO3/c14-10-6-18-5-9(11(10)12(19)20)7-2-1-3-8(4-7)21-13(15,16)17/h1-6H,(H,19,20). The first-order valence-electron chi connectivity index (χ1n) is 5.51. The molecule has 0 fully saturated rings. The van der Waals surface area contributed by atoms with E-state index in [1.54, 1.807) is 0 Å². The van der Waals surface area contributed by atoms with Gasteiger partial charge in [-0.3, -0.25) is 4.98 Å². The lowest BCUT2D eigenvalue weighted by atomic mass is 10.0. The monoisotopic (exact) mass is 301 g/mol. The summed E-state index contributed by atoms with van der Waals surface area (Å²) in [6, 6.07) is 4.56. The Morgan fingerprint density at radius 2 is 1.95 bits per heavy atom. The van der Waals surface area contributed by atoms with Crippen LogP contribution in [0.4, 0.5) is 17.6 Å². The second-order valence-electron chi connectivity index (χ2n) is 3.92. The number of carbonyl (C=O) groups is 1. The fourth-order valence-corrected chi connectivity index (χ4v) is 1.73. The number of carboxylic acid groups (broad SMARTS) is 1. The number of alkyl halides is 3. The van der Waals surface area contributed by atoms with Gasteiger partial charge in [-0.15, -0.1) is 13.2 Å². The third-order valence-electron chi connectivity index (χ3n) is 2.49. The maximum absolute atomic E-state index is 13.5. The smallest absolute Gasteiger partial charge is 0.478 e. The molecule has 21 heavy (non-hydrogen) atoms. The third-order valence-corrected chi connectivity index (χ3v) is 2.49. The summed E-state index contributed by atoms with van der Waals surface area (Å²) in [6.07, 6.45) is -3.11. The van der Waals surface area contributed by atoms with Crippen molar-refractivity contribution >= 4 is 5.97 Å². The summed E-state index contributed by atoms with van der Waals surface area (Å²) in [5.74, 6) is -3.17. The highest BCUT2D eigenvalue weighted by Crippen LogP contribution is 2.30. The highest BCUT2D eigenvalue weighted by atomic mass is 19.4. The van der Waals surface area contributed by atoms with Crippen molar-refractivity contribution in [2.24, 2.45) is 0 Å². The molecule has 2 aromatic rings. The average Bonchev–Trinajstić information content (AvgIpc) is 2.36. The minimum absolute atomic E-state index is 0.0427. The van der Waals surface area contributed by atoms with Crippen LogP contribution in [0.1, 0.15) is 10.4 Å². The summed E-state index contributed by atoms with van der Waals surface area (Å²) in [7, 11) is 0. The zero-order chi connectivity index (χ0) is 15.6. The number of hydrogen-bond acceptors (Lipinski definition) is 3. The van der Waals surface area contributed by atoms with E-state index in [0.29, 0.717) is 6.20 Å². The molecule has 0 radical (unpaired) electrons. The van der Waals surface area contributed by atoms with Gasteiger partial charge in [0.25, 0.3) is 0 Å². The molecule has 0 unspecified atom stereocenters. The van der Waals surface area contributed by atoms with Crippen LogP contribution in [0.3, 0.4) is 0 Å². The number of rotatable bonds is 3. The topological polar surface area (TPSA) is 59.4 Å². The SMILES string of the molecule is O=C(O)c1c(F)cncc1-c1cccc(OC(F)(F)F)c1. The van der Waals surface area contributed by atoms with Crippen molar-refractivity contribution in [2.75, 3.05) is 0 Å². The first-order valence-corrected chi connectivity index (χ1v) is 5.51. The lowest BCUT2D eigenvalue weighted by Gasteiger charge is -2.11. The summed E-state index contributed by atoms with van der Waals surface area (Å²) in [4.78, 5) is 14.6. The molecule has 1 aromatic carbocycles. The van der Waals surface area contributed by atoms with Crippen LogP contribution < -0.4 is 4.74 Å². The second-order valence-corrected chi connectivity index (χ2v) is 3.92. The zero-order valence-electron chi connectivity index (χ0n) is 10.2. The number of carboxylic acids is 1. The summed E-state index contributed by atoms with van der Waals surface area (Å²) in [5.41, 5.74) is -0.773. The number of hydrogen-bond donors (Lipinski definition) is 1. The van der Waals surface area contributed by atoms with Crippen molar-refractivity contribution in [1.82, 2.24) is 4.98 Å². The maximum atomic E-state index is 13.5. The van der Waals surface area contributed by atoms with Gasteiger partial charge in [-0.25, -0.2) is 9.18 Å². The van der Waals surface area contributed by atoms with E-state index in [1.807, 2.05) is 0 Å². The predicted octanol–water partition coefficient (Wildman–Crippen LogP) is 3.48. The summed E-state index contributed by atoms with van der Waals surface area (Å²) < 4.78 is 53.7. The van der Waals surface area contributed by atoms with Gasteiger partial charge in [-0.2, -0.15) is 0 Å². The van der Waals surface area contributed by atoms with E-state index in [4.69, 9.17) is 5.11 Å². The van der Waals surface area contributed by atoms with Crippen molar-refractivity contribution in [3.8, 4) is 16.9 Å². The molecular weight excluding hydrogens is 294 g/mol. The quantitative estimate of drug-likeness (QED) is 0.882. The molecule has 2 rings (SSSR count). The minimum Gasteiger partial charge on any atom is -0.478 e. The number of aromatic carboxylic acids is 1. The molecular formula is C13H7F4NO3. The van der Waals surface area contributed by atoms with E-state index >= 15 is 0 Å². The molecule has 8 heteroatoms. The van der Waals surface area contributed by atoms with Gasteiger partial charge >= 0.3 is 12.3 Å². The zero-order valence-corrected chi connectivity index (χ0v) is 10.2. The van der Waals surface area contributed by atoms with Gasteiger partial charge in [-0.05, 0) is 17.7 Å². The van der Waals surface area contributed by atoms with Gasteiger partial charge in [0.05, 0.1) is 6.20 Å². The fourth-order valence-electron chi connectivity index (χ4n) is 1.73. The molecule has 0 aliphatic rings. The molecule has 0 aliphatic carbocycles. The first kappa shape index (κ1) is 14.8. The van der Waals surface area contributed by atoms with E-state index in [2.05, 4.69) is 9.72 Å². The fraction of sp³-hybridized carbons (Fsp3) is 0.0769. The van der Waals surface area contributed by atoms with E-state index < -0.39 is 29.5 Å². The molecule has 0 atom stereocenters. The summed E-state index contributed by atoms with van der Waals surface area (Å²) in [5, 5.41) is 8.98. The van der Waals surface area contributed by atoms with Crippen molar-refractivity contribution in [3.05, 3.63) is 48.0 Å². The molecule has 1 heterocycles. The Labute approximate surface area is 115 Å². The molecule has 1 aromatic heterocycles. The van der Waals surface area contributed by atoms with Crippen molar-refractivity contribution < 1.29 is 32.2 Å². The van der Waals surface area contributed by atoms with Gasteiger partial charge in [0, 0.05) is 11.8 Å². The van der Waals surface area contributed by atoms with Gasteiger partial charge < -0.3 is 9.84 Å². The van der Waals surface area contributed by atoms with Crippen LogP contribution in [-0.4, -0.2) is 22.4 Å². The highest BCUT2D eigenvalue weighted by Gasteiger charge is 2.31. The van der Waals surface area contributed by atoms with Crippen LogP contribution in [0.15, 0.2) is 36.7 Å². The maximum Gasteiger partial charge on any atom is 0.573 e. The van der Waals surface area contributed by atoms with Crippen LogP contribution in [-0.2, 0) is 0 Å². The Hall–Kier alpha value is -2.64. The van der Waals surface area contributed by atoms with Crippen LogP contribution in [0.2, 0.25) is 0 Å². The van der Waals surface area contributed by atoms with Crippen LogP contribution in [0.5, 0.6) is 5.75 Å². The van der Waals surface area contributed by atoms with Crippen LogP contribution >= 0.6 is 0 Å². The van der Waals surface area contributed by atoms with Gasteiger partial charge in [0.1, 0.15) is 11.3 Å². The molecule has 0 amide bonds. The second kappa shape index (κ2) is 5.39. The van der Waals surface area contributed by atoms with E-state index in [9.17, 15) is 22.4 Å². The highest BCUT2D eigenvalue weighted by molar-refractivity contribution is 5.96. The number of nitrogens with zero attached hydrogens (tertiary/aromatic N) is 1. The number of halogens is 4. The number of aromatic nitrogens is 1. The molecule has 0 bridgehead atoms. The van der Waals surface area contributed by atoms with Crippen molar-refractivity contribution in [2.45, 2.75) is 6.36 Å². The van der Waals surface area contributed by atoms with Crippen LogP contribution in [0.25, 0.3) is 11.1 Å². The summed E-state index contributed by atoms with van der Waals surface area (Å²) in [6.45, 7) is 0. The van der Waals surface area contributed by atoms with E-state index in [0.717, 1.165) is 18.3 Å². The molecule has 0 aliphatic heterocycles. The molecule has 1 N–H and O–H groups in total. The van der Waals surface area contributed by atoms with E-state index in [-0.39, 0.29) is 11.1 Å². The van der Waals surface area contributed by atoms with Crippen molar-refractivity contribution in [1.29, 1.82) is 0 Å². The average molecular weight is 301 g/mol. The molecule has 0 spiro atoms. The molecule has 0 saturated carbocycles. The third kappa shape index (κ3) is 3.47. The van der Waals surface area contributed by atoms with Crippen molar-refractivity contribution in [3.63, 3.8) is 0 Å². The minimum atomic E-state index is -4.88. The molecule has 4 nitrogen and oxygen atoms in total. The summed E-state index contributed by atoms with van der Waals surface area (Å²) >= 11 is 0. The molecule has 0 saturated heterocycles. The Kier molecular flexibility index (Phi) is 3.79. The Morgan fingerprint density at radius 3 is 2.57 bits per heavy atom. The number of pyridine rings is 1. The van der Waals surface area contributed by atoms with E-state index in [1.165, 1.54) is 12.1 Å². The van der Waals surface area contributed by atoms with Crippen LogP contribution in [0, 0.1) is 5.82 Å². The Balaban J connectivity index is 2.51. The normalized spacial score (nSPS) is 11.2. The van der Waals surface area contributed by atoms with Gasteiger partial charge in [0.2, 0.25) is 0 Å². The van der Waals surface area contributed by atoms with Gasteiger partial charge in [0.15, 0.2) is 5.82 Å². The first-order chi connectivity index (χ1) is 9.78. The number of ether oxygens (including phenoxy) is 1. The largest absolute Gasteiger partial charge is 0.573 e.